The van der Waals surface area contributed by atoms with Crippen molar-refractivity contribution in [3.05, 3.63) is 133 Å². The highest BCUT2D eigenvalue weighted by molar-refractivity contribution is 7.26. The molecule has 2 aromatic heterocycles. The molecule has 0 radical (unpaired) electrons. The highest BCUT2D eigenvalue weighted by Crippen LogP contribution is 2.46. The SMILES string of the molecule is c1ccc(-c2ccc3c(c2)sc2c(-c4ccccc4)ccc(Nc4cccc5c4oc4ccccc45)c23)cc1. The van der Waals surface area contributed by atoms with Gasteiger partial charge in [-0.25, -0.2) is 0 Å². The molecule has 0 atom stereocenters. The van der Waals surface area contributed by atoms with Crippen molar-refractivity contribution in [1.29, 1.82) is 0 Å². The van der Waals surface area contributed by atoms with E-state index in [-0.39, 0.29) is 0 Å². The van der Waals surface area contributed by atoms with E-state index in [1.807, 2.05) is 23.5 Å². The zero-order valence-corrected chi connectivity index (χ0v) is 21.8. The summed E-state index contributed by atoms with van der Waals surface area (Å²) in [5.41, 5.74) is 8.77. The van der Waals surface area contributed by atoms with Crippen LogP contribution in [0.5, 0.6) is 0 Å². The van der Waals surface area contributed by atoms with Crippen LogP contribution in [-0.4, -0.2) is 0 Å². The summed E-state index contributed by atoms with van der Waals surface area (Å²) in [6, 6.07) is 47.1. The van der Waals surface area contributed by atoms with Crippen LogP contribution in [-0.2, 0) is 0 Å². The Hall–Kier alpha value is -4.86. The minimum absolute atomic E-state index is 0.880. The van der Waals surface area contributed by atoms with Crippen molar-refractivity contribution >= 4 is 64.8 Å². The van der Waals surface area contributed by atoms with Crippen molar-refractivity contribution in [3.8, 4) is 22.3 Å². The molecule has 3 heteroatoms. The van der Waals surface area contributed by atoms with Gasteiger partial charge in [0.2, 0.25) is 0 Å². The summed E-state index contributed by atoms with van der Waals surface area (Å²) in [4.78, 5) is 0. The van der Waals surface area contributed by atoms with Crippen molar-refractivity contribution in [2.45, 2.75) is 0 Å². The van der Waals surface area contributed by atoms with E-state index in [0.717, 1.165) is 33.3 Å². The molecule has 1 N–H and O–H groups in total. The zero-order valence-electron chi connectivity index (χ0n) is 21.0. The number of anilines is 2. The van der Waals surface area contributed by atoms with Crippen LogP contribution < -0.4 is 5.32 Å². The molecule has 0 unspecified atom stereocenters. The van der Waals surface area contributed by atoms with Gasteiger partial charge in [0.05, 0.1) is 5.69 Å². The Kier molecular flexibility index (Phi) is 5.04. The van der Waals surface area contributed by atoms with Crippen LogP contribution >= 0.6 is 11.3 Å². The number of furan rings is 1. The molecule has 0 aliphatic rings. The summed E-state index contributed by atoms with van der Waals surface area (Å²) in [5, 5.41) is 8.52. The number of fused-ring (bicyclic) bond motifs is 6. The third-order valence-electron chi connectivity index (χ3n) is 7.49. The van der Waals surface area contributed by atoms with Gasteiger partial charge in [-0.05, 0) is 46.5 Å². The van der Waals surface area contributed by atoms with Gasteiger partial charge in [0.25, 0.3) is 0 Å². The lowest BCUT2D eigenvalue weighted by molar-refractivity contribution is 0.670. The van der Waals surface area contributed by atoms with E-state index >= 15 is 0 Å². The summed E-state index contributed by atoms with van der Waals surface area (Å²) in [6.07, 6.45) is 0. The summed E-state index contributed by atoms with van der Waals surface area (Å²) in [5.74, 6) is 0. The van der Waals surface area contributed by atoms with Crippen molar-refractivity contribution in [1.82, 2.24) is 0 Å². The van der Waals surface area contributed by atoms with Gasteiger partial charge < -0.3 is 9.73 Å². The molecule has 39 heavy (non-hydrogen) atoms. The Balaban J connectivity index is 1.36. The lowest BCUT2D eigenvalue weighted by Crippen LogP contribution is -1.92. The first-order chi connectivity index (χ1) is 19.3. The average molecular weight is 518 g/mol. The summed E-state index contributed by atoms with van der Waals surface area (Å²) >= 11 is 1.86. The number of thiophene rings is 1. The number of rotatable bonds is 4. The van der Waals surface area contributed by atoms with E-state index in [1.54, 1.807) is 0 Å². The van der Waals surface area contributed by atoms with Crippen LogP contribution in [0.25, 0.3) is 64.4 Å². The zero-order chi connectivity index (χ0) is 25.8. The first-order valence-electron chi connectivity index (χ1n) is 13.1. The summed E-state index contributed by atoms with van der Waals surface area (Å²) in [7, 11) is 0. The average Bonchev–Trinajstić information content (AvgIpc) is 3.58. The topological polar surface area (TPSA) is 25.2 Å². The Morgan fingerprint density at radius 2 is 1.26 bits per heavy atom. The van der Waals surface area contributed by atoms with E-state index in [0.29, 0.717) is 0 Å². The third kappa shape index (κ3) is 3.63. The molecular weight excluding hydrogens is 494 g/mol. The van der Waals surface area contributed by atoms with E-state index in [2.05, 4.69) is 127 Å². The standard InChI is InChI=1S/C36H23NOS/c1-3-10-23(11-4-1)25-18-19-29-33(22-25)39-36-26(24-12-5-2-6-13-24)20-21-30(34(29)36)37-31-16-9-15-28-27-14-7-8-17-32(27)38-35(28)31/h1-22,37H. The van der Waals surface area contributed by atoms with Gasteiger partial charge in [0.15, 0.2) is 5.58 Å². The number of para-hydroxylation sites is 2. The highest BCUT2D eigenvalue weighted by atomic mass is 32.1. The minimum atomic E-state index is 0.880. The third-order valence-corrected chi connectivity index (χ3v) is 8.67. The summed E-state index contributed by atoms with van der Waals surface area (Å²) in [6.45, 7) is 0. The van der Waals surface area contributed by atoms with Crippen LogP contribution in [0.1, 0.15) is 0 Å². The maximum absolute atomic E-state index is 6.33. The lowest BCUT2D eigenvalue weighted by Gasteiger charge is -2.12. The molecule has 6 aromatic carbocycles. The van der Waals surface area contributed by atoms with E-state index < -0.39 is 0 Å². The minimum Gasteiger partial charge on any atom is -0.454 e. The second-order valence-corrected chi connectivity index (χ2v) is 10.9. The van der Waals surface area contributed by atoms with Crippen LogP contribution in [0.2, 0.25) is 0 Å². The predicted octanol–water partition coefficient (Wildman–Crippen LogP) is 11.0. The molecule has 184 valence electrons. The fraction of sp³-hybridized carbons (Fsp3) is 0. The van der Waals surface area contributed by atoms with Crippen LogP contribution in [0.4, 0.5) is 11.4 Å². The molecule has 0 spiro atoms. The largest absolute Gasteiger partial charge is 0.454 e. The van der Waals surface area contributed by atoms with Gasteiger partial charge >= 0.3 is 0 Å². The van der Waals surface area contributed by atoms with Crippen LogP contribution in [0.15, 0.2) is 138 Å². The number of hydrogen-bond acceptors (Lipinski definition) is 3. The first kappa shape index (κ1) is 22.2. The van der Waals surface area contributed by atoms with Gasteiger partial charge in [-0.1, -0.05) is 109 Å². The Morgan fingerprint density at radius 1 is 0.513 bits per heavy atom. The van der Waals surface area contributed by atoms with Crippen molar-refractivity contribution in [3.63, 3.8) is 0 Å². The van der Waals surface area contributed by atoms with Gasteiger partial charge in [0.1, 0.15) is 5.58 Å². The van der Waals surface area contributed by atoms with Crippen molar-refractivity contribution in [2.24, 2.45) is 0 Å². The molecule has 8 aromatic rings. The molecule has 0 aliphatic carbocycles. The quantitative estimate of drug-likeness (QED) is 0.251. The summed E-state index contributed by atoms with van der Waals surface area (Å²) < 4.78 is 8.89. The molecule has 0 saturated heterocycles. The molecule has 0 saturated carbocycles. The van der Waals surface area contributed by atoms with E-state index in [4.69, 9.17) is 4.42 Å². The number of benzene rings is 6. The number of hydrogen-bond donors (Lipinski definition) is 1. The molecule has 0 aliphatic heterocycles. The Bertz CT molecular complexity index is 2140. The van der Waals surface area contributed by atoms with Gasteiger partial charge in [-0.15, -0.1) is 11.3 Å². The maximum Gasteiger partial charge on any atom is 0.158 e. The van der Waals surface area contributed by atoms with Gasteiger partial charge in [0, 0.05) is 36.6 Å². The normalized spacial score (nSPS) is 11.6. The fourth-order valence-electron chi connectivity index (χ4n) is 5.63. The lowest BCUT2D eigenvalue weighted by atomic mass is 9.99. The molecule has 8 rings (SSSR count). The fourth-order valence-corrected chi connectivity index (χ4v) is 6.93. The Morgan fingerprint density at radius 3 is 2.10 bits per heavy atom. The molecule has 2 heterocycles. The van der Waals surface area contributed by atoms with Crippen LogP contribution in [0.3, 0.4) is 0 Å². The molecular formula is C36H23NOS. The van der Waals surface area contributed by atoms with Crippen molar-refractivity contribution < 1.29 is 4.42 Å². The second-order valence-electron chi connectivity index (χ2n) is 9.82. The predicted molar refractivity (Wildman–Crippen MR) is 167 cm³/mol. The van der Waals surface area contributed by atoms with E-state index in [9.17, 15) is 0 Å². The maximum atomic E-state index is 6.33. The molecule has 2 nitrogen and oxygen atoms in total. The monoisotopic (exact) mass is 517 g/mol. The second kappa shape index (κ2) is 8.87. The molecule has 0 fully saturated rings. The smallest absolute Gasteiger partial charge is 0.158 e. The Labute approximate surface area is 229 Å². The van der Waals surface area contributed by atoms with Crippen molar-refractivity contribution in [2.75, 3.05) is 5.32 Å². The molecule has 0 bridgehead atoms. The first-order valence-corrected chi connectivity index (χ1v) is 13.9. The van der Waals surface area contributed by atoms with Crippen LogP contribution in [0, 0.1) is 0 Å². The number of nitrogens with one attached hydrogen (secondary N) is 1. The molecule has 0 amide bonds. The highest BCUT2D eigenvalue weighted by Gasteiger charge is 2.17. The van der Waals surface area contributed by atoms with Gasteiger partial charge in [-0.3, -0.25) is 0 Å². The van der Waals surface area contributed by atoms with Gasteiger partial charge in [-0.2, -0.15) is 0 Å². The van der Waals surface area contributed by atoms with E-state index in [1.165, 1.54) is 42.4 Å².